The summed E-state index contributed by atoms with van der Waals surface area (Å²) in [6.45, 7) is 2.05. The number of aromatic nitrogens is 2. The lowest BCUT2D eigenvalue weighted by atomic mass is 10.2. The number of carbonyl (C=O) groups is 1. The number of oxazole rings is 1. The normalized spacial score (nSPS) is 10.3. The first kappa shape index (κ1) is 14.0. The highest BCUT2D eigenvalue weighted by Gasteiger charge is 2.15. The number of nitrogens with one attached hydrogen (secondary N) is 2. The van der Waals surface area contributed by atoms with Gasteiger partial charge in [-0.1, -0.05) is 6.92 Å². The molecule has 2 heterocycles. The van der Waals surface area contributed by atoms with Crippen LogP contribution in [0.2, 0.25) is 0 Å². The summed E-state index contributed by atoms with van der Waals surface area (Å²) in [5.41, 5.74) is -0.0772. The zero-order valence-electron chi connectivity index (χ0n) is 11.2. The Bertz CT molecular complexity index is 612. The van der Waals surface area contributed by atoms with Gasteiger partial charge in [-0.05, 0) is 6.07 Å². The van der Waals surface area contributed by atoms with Gasteiger partial charge in [0.1, 0.15) is 5.76 Å². The zero-order valence-corrected chi connectivity index (χ0v) is 11.2. The van der Waals surface area contributed by atoms with E-state index in [9.17, 15) is 9.18 Å². The van der Waals surface area contributed by atoms with Crippen LogP contribution in [0.5, 0.6) is 0 Å². The predicted molar refractivity (Wildman–Crippen MR) is 70.8 cm³/mol. The maximum Gasteiger partial charge on any atom is 0.254 e. The van der Waals surface area contributed by atoms with Gasteiger partial charge in [0.15, 0.2) is 11.6 Å². The molecule has 7 heteroatoms. The Morgan fingerprint density at radius 1 is 1.45 bits per heavy atom. The van der Waals surface area contributed by atoms with E-state index in [4.69, 9.17) is 4.42 Å². The summed E-state index contributed by atoms with van der Waals surface area (Å²) < 4.78 is 19.2. The van der Waals surface area contributed by atoms with Crippen molar-refractivity contribution in [2.45, 2.75) is 19.9 Å². The lowest BCUT2D eigenvalue weighted by Gasteiger charge is -2.06. The van der Waals surface area contributed by atoms with Gasteiger partial charge in [-0.2, -0.15) is 0 Å². The van der Waals surface area contributed by atoms with E-state index in [2.05, 4.69) is 20.6 Å². The van der Waals surface area contributed by atoms with Gasteiger partial charge in [0, 0.05) is 19.7 Å². The van der Waals surface area contributed by atoms with Crippen LogP contribution in [-0.2, 0) is 13.0 Å². The second-order valence-corrected chi connectivity index (χ2v) is 4.03. The third-order valence-electron chi connectivity index (χ3n) is 2.72. The fourth-order valence-electron chi connectivity index (χ4n) is 1.64. The highest BCUT2D eigenvalue weighted by molar-refractivity contribution is 5.95. The molecule has 2 aromatic heterocycles. The molecule has 0 aliphatic rings. The Labute approximate surface area is 115 Å². The van der Waals surface area contributed by atoms with Crippen molar-refractivity contribution in [1.82, 2.24) is 15.3 Å². The van der Waals surface area contributed by atoms with E-state index in [1.807, 2.05) is 6.92 Å². The van der Waals surface area contributed by atoms with Crippen LogP contribution in [0.15, 0.2) is 22.9 Å². The summed E-state index contributed by atoms with van der Waals surface area (Å²) in [6.07, 6.45) is 3.70. The van der Waals surface area contributed by atoms with Gasteiger partial charge in [-0.3, -0.25) is 4.79 Å². The molecule has 2 rings (SSSR count). The van der Waals surface area contributed by atoms with Crippen molar-refractivity contribution in [2.75, 3.05) is 12.4 Å². The molecule has 0 aliphatic heterocycles. The van der Waals surface area contributed by atoms with Crippen LogP contribution in [0.1, 0.15) is 28.9 Å². The van der Waals surface area contributed by atoms with Gasteiger partial charge in [0.2, 0.25) is 5.89 Å². The van der Waals surface area contributed by atoms with Crippen molar-refractivity contribution in [2.24, 2.45) is 0 Å². The van der Waals surface area contributed by atoms with E-state index in [1.54, 1.807) is 6.20 Å². The molecule has 0 saturated heterocycles. The van der Waals surface area contributed by atoms with E-state index >= 15 is 0 Å². The van der Waals surface area contributed by atoms with E-state index in [1.165, 1.54) is 19.3 Å². The van der Waals surface area contributed by atoms with Crippen molar-refractivity contribution in [1.29, 1.82) is 0 Å². The summed E-state index contributed by atoms with van der Waals surface area (Å²) >= 11 is 0. The van der Waals surface area contributed by atoms with Crippen LogP contribution in [-0.4, -0.2) is 22.9 Å². The molecule has 0 aliphatic carbocycles. The van der Waals surface area contributed by atoms with Gasteiger partial charge < -0.3 is 15.1 Å². The SMILES string of the molecule is CCc1cnc(CNC(=O)c2ccnc(NC)c2F)o1. The molecule has 0 atom stereocenters. The van der Waals surface area contributed by atoms with E-state index in [0.29, 0.717) is 5.89 Å². The van der Waals surface area contributed by atoms with Gasteiger partial charge in [-0.15, -0.1) is 0 Å². The minimum atomic E-state index is -0.686. The zero-order chi connectivity index (χ0) is 14.5. The first-order valence-electron chi connectivity index (χ1n) is 6.19. The molecule has 1 amide bonds. The van der Waals surface area contributed by atoms with Crippen LogP contribution < -0.4 is 10.6 Å². The average molecular weight is 278 g/mol. The second kappa shape index (κ2) is 6.14. The average Bonchev–Trinajstić information content (AvgIpc) is 2.93. The Morgan fingerprint density at radius 2 is 2.25 bits per heavy atom. The number of nitrogens with zero attached hydrogens (tertiary/aromatic N) is 2. The molecule has 0 radical (unpaired) electrons. The Hall–Kier alpha value is -2.44. The fourth-order valence-corrected chi connectivity index (χ4v) is 1.64. The first-order valence-corrected chi connectivity index (χ1v) is 6.19. The topological polar surface area (TPSA) is 80.0 Å². The minimum Gasteiger partial charge on any atom is -0.444 e. The molecule has 2 N–H and O–H groups in total. The maximum absolute atomic E-state index is 13.9. The summed E-state index contributed by atoms with van der Waals surface area (Å²) in [4.78, 5) is 19.7. The maximum atomic E-state index is 13.9. The quantitative estimate of drug-likeness (QED) is 0.870. The van der Waals surface area contributed by atoms with Gasteiger partial charge in [0.25, 0.3) is 5.91 Å². The van der Waals surface area contributed by atoms with Crippen molar-refractivity contribution >= 4 is 11.7 Å². The number of carbonyl (C=O) groups excluding carboxylic acids is 1. The Kier molecular flexibility index (Phi) is 4.29. The number of pyridine rings is 1. The number of halogens is 1. The number of amides is 1. The lowest BCUT2D eigenvalue weighted by Crippen LogP contribution is -2.24. The van der Waals surface area contributed by atoms with Crippen molar-refractivity contribution in [3.05, 3.63) is 41.5 Å². The Balaban J connectivity index is 2.05. The van der Waals surface area contributed by atoms with Crippen LogP contribution in [0.25, 0.3) is 0 Å². The molecular weight excluding hydrogens is 263 g/mol. The molecule has 0 saturated carbocycles. The largest absolute Gasteiger partial charge is 0.444 e. The number of anilines is 1. The molecule has 6 nitrogen and oxygen atoms in total. The predicted octanol–water partition coefficient (Wildman–Crippen LogP) is 1.74. The van der Waals surface area contributed by atoms with Crippen LogP contribution in [0, 0.1) is 5.82 Å². The van der Waals surface area contributed by atoms with Gasteiger partial charge in [-0.25, -0.2) is 14.4 Å². The van der Waals surface area contributed by atoms with Crippen molar-refractivity contribution in [3.63, 3.8) is 0 Å². The molecule has 0 spiro atoms. The van der Waals surface area contributed by atoms with Gasteiger partial charge >= 0.3 is 0 Å². The van der Waals surface area contributed by atoms with E-state index in [0.717, 1.165) is 12.2 Å². The summed E-state index contributed by atoms with van der Waals surface area (Å²) in [7, 11) is 1.53. The van der Waals surface area contributed by atoms with Crippen LogP contribution >= 0.6 is 0 Å². The monoisotopic (exact) mass is 278 g/mol. The standard InChI is InChI=1S/C13H15FN4O2/c1-3-8-6-17-10(20-8)7-18-13(19)9-4-5-16-12(15-2)11(9)14/h4-6H,3,7H2,1-2H3,(H,15,16)(H,18,19). The number of aryl methyl sites for hydroxylation is 1. The van der Waals surface area contributed by atoms with E-state index < -0.39 is 11.7 Å². The Morgan fingerprint density at radius 3 is 2.90 bits per heavy atom. The highest BCUT2D eigenvalue weighted by atomic mass is 19.1. The molecule has 0 fully saturated rings. The summed E-state index contributed by atoms with van der Waals surface area (Å²) in [5.74, 6) is -0.0749. The number of hydrogen-bond donors (Lipinski definition) is 2. The first-order chi connectivity index (χ1) is 9.65. The highest BCUT2D eigenvalue weighted by Crippen LogP contribution is 2.14. The summed E-state index contributed by atoms with van der Waals surface area (Å²) in [6, 6.07) is 1.32. The third-order valence-corrected chi connectivity index (χ3v) is 2.72. The fraction of sp³-hybridized carbons (Fsp3) is 0.308. The van der Waals surface area contributed by atoms with Crippen LogP contribution in [0.4, 0.5) is 10.2 Å². The number of rotatable bonds is 5. The smallest absolute Gasteiger partial charge is 0.254 e. The second-order valence-electron chi connectivity index (χ2n) is 4.03. The number of hydrogen-bond acceptors (Lipinski definition) is 5. The molecule has 0 unspecified atom stereocenters. The van der Waals surface area contributed by atoms with Crippen LogP contribution in [0.3, 0.4) is 0 Å². The molecule has 0 aromatic carbocycles. The molecular formula is C13H15FN4O2. The molecule has 20 heavy (non-hydrogen) atoms. The summed E-state index contributed by atoms with van der Waals surface area (Å²) in [5, 5.41) is 5.13. The third kappa shape index (κ3) is 2.93. The lowest BCUT2D eigenvalue weighted by molar-refractivity contribution is 0.0943. The van der Waals surface area contributed by atoms with Crippen molar-refractivity contribution < 1.29 is 13.6 Å². The van der Waals surface area contributed by atoms with Crippen molar-refractivity contribution in [3.8, 4) is 0 Å². The molecule has 0 bridgehead atoms. The van der Waals surface area contributed by atoms with E-state index in [-0.39, 0.29) is 17.9 Å². The minimum absolute atomic E-state index is 0.0297. The molecule has 2 aromatic rings. The molecule has 106 valence electrons. The van der Waals surface area contributed by atoms with Gasteiger partial charge in [0.05, 0.1) is 18.3 Å².